The van der Waals surface area contributed by atoms with Gasteiger partial charge in [-0.1, -0.05) is 6.07 Å². The number of nitrogens with one attached hydrogen (secondary N) is 1. The van der Waals surface area contributed by atoms with E-state index in [0.29, 0.717) is 23.5 Å². The summed E-state index contributed by atoms with van der Waals surface area (Å²) >= 11 is 0. The number of anilines is 2. The molecule has 21 heavy (non-hydrogen) atoms. The maximum absolute atomic E-state index is 11.6. The highest BCUT2D eigenvalue weighted by Gasteiger charge is 2.14. The van der Waals surface area contributed by atoms with Crippen molar-refractivity contribution >= 4 is 17.3 Å². The van der Waals surface area contributed by atoms with Crippen molar-refractivity contribution in [2.75, 3.05) is 18.2 Å². The summed E-state index contributed by atoms with van der Waals surface area (Å²) in [6.45, 7) is 4.59. The molecule has 0 unspecified atom stereocenters. The first kappa shape index (κ1) is 14.9. The second-order valence-corrected chi connectivity index (χ2v) is 4.88. The van der Waals surface area contributed by atoms with Gasteiger partial charge in [0.15, 0.2) is 0 Å². The Morgan fingerprint density at radius 3 is 2.71 bits per heavy atom. The van der Waals surface area contributed by atoms with Crippen LogP contribution >= 0.6 is 0 Å². The zero-order valence-corrected chi connectivity index (χ0v) is 12.7. The lowest BCUT2D eigenvalue weighted by Gasteiger charge is -2.12. The molecule has 1 heterocycles. The molecule has 0 bridgehead atoms. The molecule has 0 aliphatic rings. The molecule has 0 atom stereocenters. The van der Waals surface area contributed by atoms with Crippen molar-refractivity contribution in [1.82, 2.24) is 9.78 Å². The Kier molecular flexibility index (Phi) is 4.16. The summed E-state index contributed by atoms with van der Waals surface area (Å²) in [6, 6.07) is 5.25. The minimum atomic E-state index is -0.440. The van der Waals surface area contributed by atoms with E-state index < -0.39 is 5.97 Å². The molecule has 6 heteroatoms. The average Bonchev–Trinajstić information content (AvgIpc) is 2.71. The van der Waals surface area contributed by atoms with Crippen molar-refractivity contribution < 1.29 is 9.53 Å². The van der Waals surface area contributed by atoms with E-state index in [-0.39, 0.29) is 0 Å². The Labute approximate surface area is 123 Å². The third-order valence-corrected chi connectivity index (χ3v) is 3.63. The lowest BCUT2D eigenvalue weighted by molar-refractivity contribution is 0.0602. The number of carbonyl (C=O) groups is 1. The van der Waals surface area contributed by atoms with Crippen molar-refractivity contribution in [3.63, 3.8) is 0 Å². The number of para-hydroxylation sites is 1. The van der Waals surface area contributed by atoms with Crippen LogP contribution < -0.4 is 11.1 Å². The van der Waals surface area contributed by atoms with Crippen LogP contribution in [0.4, 0.5) is 11.4 Å². The fourth-order valence-electron chi connectivity index (χ4n) is 2.26. The van der Waals surface area contributed by atoms with E-state index >= 15 is 0 Å². The van der Waals surface area contributed by atoms with Crippen LogP contribution in [0.15, 0.2) is 18.2 Å². The minimum Gasteiger partial charge on any atom is -0.465 e. The first-order valence-corrected chi connectivity index (χ1v) is 6.65. The molecular formula is C15H20N4O2. The van der Waals surface area contributed by atoms with Gasteiger partial charge in [-0.25, -0.2) is 4.79 Å². The van der Waals surface area contributed by atoms with Gasteiger partial charge in [-0.05, 0) is 26.0 Å². The Morgan fingerprint density at radius 2 is 2.14 bits per heavy atom. The number of methoxy groups -OCH3 is 1. The second-order valence-electron chi connectivity index (χ2n) is 4.88. The largest absolute Gasteiger partial charge is 0.465 e. The van der Waals surface area contributed by atoms with Gasteiger partial charge in [0, 0.05) is 24.8 Å². The van der Waals surface area contributed by atoms with Crippen LogP contribution in [0.3, 0.4) is 0 Å². The highest BCUT2D eigenvalue weighted by molar-refractivity contribution is 5.98. The zero-order chi connectivity index (χ0) is 15.6. The van der Waals surface area contributed by atoms with E-state index in [1.165, 1.54) is 7.11 Å². The first-order chi connectivity index (χ1) is 9.95. The van der Waals surface area contributed by atoms with Crippen molar-refractivity contribution in [3.8, 4) is 0 Å². The summed E-state index contributed by atoms with van der Waals surface area (Å²) in [6.07, 6.45) is 0. The van der Waals surface area contributed by atoms with Gasteiger partial charge in [0.1, 0.15) is 0 Å². The predicted molar refractivity (Wildman–Crippen MR) is 82.2 cm³/mol. The summed E-state index contributed by atoms with van der Waals surface area (Å²) in [5.41, 5.74) is 10.7. The van der Waals surface area contributed by atoms with Crippen molar-refractivity contribution in [1.29, 1.82) is 0 Å². The van der Waals surface area contributed by atoms with Gasteiger partial charge in [-0.3, -0.25) is 4.68 Å². The van der Waals surface area contributed by atoms with Gasteiger partial charge >= 0.3 is 5.97 Å². The molecule has 0 aliphatic carbocycles. The van der Waals surface area contributed by atoms with Crippen LogP contribution in [0.25, 0.3) is 0 Å². The van der Waals surface area contributed by atoms with Crippen molar-refractivity contribution in [3.05, 3.63) is 40.7 Å². The van der Waals surface area contributed by atoms with Crippen molar-refractivity contribution in [2.24, 2.45) is 7.05 Å². The maximum atomic E-state index is 11.6. The number of carbonyl (C=O) groups excluding carboxylic acids is 1. The summed E-state index contributed by atoms with van der Waals surface area (Å²) in [7, 11) is 3.25. The highest BCUT2D eigenvalue weighted by atomic mass is 16.5. The Bertz CT molecular complexity index is 677. The third kappa shape index (κ3) is 2.84. The van der Waals surface area contributed by atoms with E-state index in [2.05, 4.69) is 10.4 Å². The summed E-state index contributed by atoms with van der Waals surface area (Å²) < 4.78 is 6.56. The number of benzene rings is 1. The zero-order valence-electron chi connectivity index (χ0n) is 12.7. The molecular weight excluding hydrogens is 268 g/mol. The number of aromatic nitrogens is 2. The predicted octanol–water partition coefficient (Wildman–Crippen LogP) is 2.02. The molecule has 0 fully saturated rings. The molecule has 0 amide bonds. The molecule has 112 valence electrons. The molecule has 1 aromatic carbocycles. The van der Waals surface area contributed by atoms with Gasteiger partial charge in [0.05, 0.1) is 29.7 Å². The molecule has 2 rings (SSSR count). The van der Waals surface area contributed by atoms with Crippen LogP contribution in [0.2, 0.25) is 0 Å². The monoisotopic (exact) mass is 288 g/mol. The molecule has 0 aliphatic heterocycles. The number of ether oxygens (including phenoxy) is 1. The maximum Gasteiger partial charge on any atom is 0.340 e. The number of nitrogens with two attached hydrogens (primary N) is 1. The lowest BCUT2D eigenvalue weighted by Crippen LogP contribution is -2.09. The van der Waals surface area contributed by atoms with E-state index in [9.17, 15) is 4.79 Å². The Morgan fingerprint density at radius 1 is 1.43 bits per heavy atom. The summed E-state index contributed by atoms with van der Waals surface area (Å²) in [4.78, 5) is 11.6. The first-order valence-electron chi connectivity index (χ1n) is 6.65. The molecule has 1 aromatic heterocycles. The van der Waals surface area contributed by atoms with Crippen LogP contribution in [-0.4, -0.2) is 22.9 Å². The van der Waals surface area contributed by atoms with Gasteiger partial charge in [-0.15, -0.1) is 0 Å². The molecule has 0 radical (unpaired) electrons. The molecule has 3 N–H and O–H groups in total. The molecule has 0 saturated carbocycles. The van der Waals surface area contributed by atoms with Gasteiger partial charge in [0.2, 0.25) is 0 Å². The molecule has 2 aromatic rings. The fraction of sp³-hybridized carbons (Fsp3) is 0.333. The van der Waals surface area contributed by atoms with Crippen LogP contribution in [0.1, 0.15) is 27.3 Å². The summed E-state index contributed by atoms with van der Waals surface area (Å²) in [5, 5.41) is 7.63. The molecule has 0 spiro atoms. The smallest absolute Gasteiger partial charge is 0.340 e. The third-order valence-electron chi connectivity index (χ3n) is 3.63. The number of aryl methyl sites for hydroxylation is 2. The topological polar surface area (TPSA) is 82.2 Å². The van der Waals surface area contributed by atoms with Crippen LogP contribution in [0, 0.1) is 13.8 Å². The van der Waals surface area contributed by atoms with E-state index in [1.54, 1.807) is 12.1 Å². The molecule has 0 saturated heterocycles. The normalized spacial score (nSPS) is 10.5. The average molecular weight is 288 g/mol. The van der Waals surface area contributed by atoms with E-state index in [1.807, 2.05) is 31.6 Å². The quantitative estimate of drug-likeness (QED) is 0.664. The highest BCUT2D eigenvalue weighted by Crippen LogP contribution is 2.24. The minimum absolute atomic E-state index is 0.363. The fourth-order valence-corrected chi connectivity index (χ4v) is 2.26. The lowest BCUT2D eigenvalue weighted by atomic mass is 10.1. The van der Waals surface area contributed by atoms with Crippen LogP contribution in [0.5, 0.6) is 0 Å². The van der Waals surface area contributed by atoms with Crippen molar-refractivity contribution in [2.45, 2.75) is 20.4 Å². The number of nitrogens with zero attached hydrogens (tertiary/aromatic N) is 2. The number of nitrogen functional groups attached to an aromatic ring is 1. The van der Waals surface area contributed by atoms with E-state index in [0.717, 1.165) is 17.0 Å². The number of rotatable bonds is 4. The Hall–Kier alpha value is -2.50. The SMILES string of the molecule is COC(=O)c1cccc(NCc2c(C)nn(C)c2C)c1N. The second kappa shape index (κ2) is 5.87. The number of hydrogen-bond acceptors (Lipinski definition) is 5. The number of hydrogen-bond donors (Lipinski definition) is 2. The van der Waals surface area contributed by atoms with Crippen LogP contribution in [-0.2, 0) is 18.3 Å². The van der Waals surface area contributed by atoms with Gasteiger partial charge in [0.25, 0.3) is 0 Å². The number of esters is 1. The van der Waals surface area contributed by atoms with Gasteiger partial charge in [-0.2, -0.15) is 5.10 Å². The van der Waals surface area contributed by atoms with Gasteiger partial charge < -0.3 is 15.8 Å². The Balaban J connectivity index is 2.23. The molecule has 6 nitrogen and oxygen atoms in total. The standard InChI is InChI=1S/C15H20N4O2/c1-9-12(10(2)19(3)18-9)8-17-13-7-5-6-11(14(13)16)15(20)21-4/h5-7,17H,8,16H2,1-4H3. The summed E-state index contributed by atoms with van der Waals surface area (Å²) in [5.74, 6) is -0.440. The van der Waals surface area contributed by atoms with E-state index in [4.69, 9.17) is 10.5 Å².